The second kappa shape index (κ2) is 6.95. The predicted octanol–water partition coefficient (Wildman–Crippen LogP) is 4.76. The van der Waals surface area contributed by atoms with E-state index >= 15 is 0 Å². The Labute approximate surface area is 131 Å². The van der Waals surface area contributed by atoms with Crippen LogP contribution in [0, 0.1) is 11.8 Å². The van der Waals surface area contributed by atoms with Gasteiger partial charge in [-0.15, -0.1) is 0 Å². The van der Waals surface area contributed by atoms with Crippen LogP contribution in [-0.2, 0) is 0 Å². The minimum atomic E-state index is -0.0131. The normalized spacial score (nSPS) is 26.8. The highest BCUT2D eigenvalue weighted by Crippen LogP contribution is 2.36. The Bertz CT molecular complexity index is 408. The minimum Gasteiger partial charge on any atom is -0.494 e. The second-order valence-corrected chi connectivity index (χ2v) is 7.41. The molecule has 1 fully saturated rings. The Balaban J connectivity index is 1.75. The molecule has 0 aliphatic heterocycles. The summed E-state index contributed by atoms with van der Waals surface area (Å²) >= 11 is 3.43. The van der Waals surface area contributed by atoms with Crippen molar-refractivity contribution in [2.75, 3.05) is 6.61 Å². The Kier molecular flexibility index (Phi) is 5.50. The van der Waals surface area contributed by atoms with Crippen LogP contribution >= 0.6 is 15.9 Å². The van der Waals surface area contributed by atoms with Crippen LogP contribution in [0.25, 0.3) is 0 Å². The van der Waals surface area contributed by atoms with Gasteiger partial charge in [0.05, 0.1) is 6.61 Å². The van der Waals surface area contributed by atoms with Crippen LogP contribution in [-0.4, -0.2) is 12.1 Å². The van der Waals surface area contributed by atoms with Crippen molar-refractivity contribution < 1.29 is 4.74 Å². The van der Waals surface area contributed by atoms with Gasteiger partial charge < -0.3 is 10.5 Å². The number of benzene rings is 1. The van der Waals surface area contributed by atoms with Gasteiger partial charge in [0.1, 0.15) is 5.75 Å². The quantitative estimate of drug-likeness (QED) is 0.839. The Hall–Kier alpha value is -0.540. The van der Waals surface area contributed by atoms with Gasteiger partial charge in [0, 0.05) is 10.0 Å². The first-order valence-electron chi connectivity index (χ1n) is 7.66. The summed E-state index contributed by atoms with van der Waals surface area (Å²) in [5, 5.41) is 0. The fraction of sp³-hybridized carbons (Fsp3) is 0.647. The Morgan fingerprint density at radius 1 is 1.25 bits per heavy atom. The predicted molar refractivity (Wildman–Crippen MR) is 88.0 cm³/mol. The van der Waals surface area contributed by atoms with Gasteiger partial charge in [0.25, 0.3) is 0 Å². The molecule has 0 bridgehead atoms. The van der Waals surface area contributed by atoms with E-state index in [2.05, 4.69) is 29.8 Å². The lowest BCUT2D eigenvalue weighted by atomic mass is 9.72. The lowest BCUT2D eigenvalue weighted by Crippen LogP contribution is -2.45. The molecule has 0 atom stereocenters. The van der Waals surface area contributed by atoms with Crippen LogP contribution in [0.1, 0.15) is 46.0 Å². The summed E-state index contributed by atoms with van der Waals surface area (Å²) in [6.07, 6.45) is 5.77. The van der Waals surface area contributed by atoms with Gasteiger partial charge in [-0.05, 0) is 68.2 Å². The van der Waals surface area contributed by atoms with Crippen molar-refractivity contribution in [2.24, 2.45) is 17.6 Å². The fourth-order valence-corrected chi connectivity index (χ4v) is 3.30. The van der Waals surface area contributed by atoms with E-state index < -0.39 is 0 Å². The molecule has 0 unspecified atom stereocenters. The van der Waals surface area contributed by atoms with E-state index in [0.717, 1.165) is 41.3 Å². The molecular formula is C17H26BrNO. The van der Waals surface area contributed by atoms with Crippen molar-refractivity contribution in [2.45, 2.75) is 51.5 Å². The molecule has 0 amide bonds. The topological polar surface area (TPSA) is 35.2 Å². The molecule has 0 radical (unpaired) electrons. The molecule has 1 aromatic rings. The first-order valence-corrected chi connectivity index (χ1v) is 8.45. The summed E-state index contributed by atoms with van der Waals surface area (Å²) in [5.41, 5.74) is 6.51. The van der Waals surface area contributed by atoms with Gasteiger partial charge in [-0.1, -0.05) is 29.8 Å². The average Bonchev–Trinajstić information content (AvgIpc) is 2.41. The molecule has 1 saturated carbocycles. The first kappa shape index (κ1) is 15.8. The van der Waals surface area contributed by atoms with Crippen LogP contribution in [0.5, 0.6) is 5.75 Å². The number of ether oxygens (including phenoxy) is 1. The Morgan fingerprint density at radius 3 is 2.40 bits per heavy atom. The van der Waals surface area contributed by atoms with E-state index in [-0.39, 0.29) is 5.54 Å². The van der Waals surface area contributed by atoms with Crippen LogP contribution in [0.3, 0.4) is 0 Å². The van der Waals surface area contributed by atoms with Gasteiger partial charge in [0.15, 0.2) is 0 Å². The van der Waals surface area contributed by atoms with E-state index in [1.165, 1.54) is 12.8 Å². The number of hydrogen-bond donors (Lipinski definition) is 1. The van der Waals surface area contributed by atoms with E-state index in [9.17, 15) is 0 Å². The van der Waals surface area contributed by atoms with Crippen molar-refractivity contribution in [1.82, 2.24) is 0 Å². The SMILES string of the molecule is CC(C)C1CCC(N)(CCOc2ccc(Br)cc2)CC1. The molecule has 2 rings (SSSR count). The summed E-state index contributed by atoms with van der Waals surface area (Å²) < 4.78 is 6.88. The summed E-state index contributed by atoms with van der Waals surface area (Å²) in [7, 11) is 0. The smallest absolute Gasteiger partial charge is 0.119 e. The van der Waals surface area contributed by atoms with Gasteiger partial charge in [-0.2, -0.15) is 0 Å². The summed E-state index contributed by atoms with van der Waals surface area (Å²) in [4.78, 5) is 0. The highest BCUT2D eigenvalue weighted by atomic mass is 79.9. The highest BCUT2D eigenvalue weighted by molar-refractivity contribution is 9.10. The van der Waals surface area contributed by atoms with E-state index in [1.54, 1.807) is 0 Å². The van der Waals surface area contributed by atoms with Gasteiger partial charge >= 0.3 is 0 Å². The van der Waals surface area contributed by atoms with Crippen LogP contribution in [0.15, 0.2) is 28.7 Å². The lowest BCUT2D eigenvalue weighted by Gasteiger charge is -2.38. The molecule has 2 N–H and O–H groups in total. The lowest BCUT2D eigenvalue weighted by molar-refractivity contribution is 0.163. The highest BCUT2D eigenvalue weighted by Gasteiger charge is 2.32. The van der Waals surface area contributed by atoms with Crippen molar-refractivity contribution in [3.05, 3.63) is 28.7 Å². The fourth-order valence-electron chi connectivity index (χ4n) is 3.03. The molecule has 1 aromatic carbocycles. The first-order chi connectivity index (χ1) is 9.48. The molecule has 0 aromatic heterocycles. The summed E-state index contributed by atoms with van der Waals surface area (Å²) in [5.74, 6) is 2.57. The molecule has 20 heavy (non-hydrogen) atoms. The molecule has 1 aliphatic carbocycles. The molecular weight excluding hydrogens is 314 g/mol. The zero-order valence-electron chi connectivity index (χ0n) is 12.6. The third-order valence-electron chi connectivity index (χ3n) is 4.65. The van der Waals surface area contributed by atoms with E-state index in [1.807, 2.05) is 24.3 Å². The third-order valence-corrected chi connectivity index (χ3v) is 5.18. The third kappa shape index (κ3) is 4.49. The van der Waals surface area contributed by atoms with Crippen molar-refractivity contribution in [3.63, 3.8) is 0 Å². The minimum absolute atomic E-state index is 0.0131. The van der Waals surface area contributed by atoms with Crippen LogP contribution in [0.4, 0.5) is 0 Å². The molecule has 0 saturated heterocycles. The van der Waals surface area contributed by atoms with Gasteiger partial charge in [-0.25, -0.2) is 0 Å². The standard InChI is InChI=1S/C17H26BrNO/c1-13(2)14-7-9-17(19,10-8-14)11-12-20-16-5-3-15(18)4-6-16/h3-6,13-14H,7-12,19H2,1-2H3. The van der Waals surface area contributed by atoms with Crippen LogP contribution in [0.2, 0.25) is 0 Å². The van der Waals surface area contributed by atoms with E-state index in [4.69, 9.17) is 10.5 Å². The zero-order chi connectivity index (χ0) is 14.6. The molecule has 3 heteroatoms. The Morgan fingerprint density at radius 2 is 1.85 bits per heavy atom. The molecule has 2 nitrogen and oxygen atoms in total. The molecule has 112 valence electrons. The molecule has 0 spiro atoms. The number of rotatable bonds is 5. The zero-order valence-corrected chi connectivity index (χ0v) is 14.2. The number of hydrogen-bond acceptors (Lipinski definition) is 2. The van der Waals surface area contributed by atoms with Crippen molar-refractivity contribution >= 4 is 15.9 Å². The average molecular weight is 340 g/mol. The number of halogens is 1. The van der Waals surface area contributed by atoms with Crippen molar-refractivity contribution in [1.29, 1.82) is 0 Å². The van der Waals surface area contributed by atoms with Crippen LogP contribution < -0.4 is 10.5 Å². The maximum absolute atomic E-state index is 6.52. The maximum Gasteiger partial charge on any atom is 0.119 e. The second-order valence-electron chi connectivity index (χ2n) is 6.50. The summed E-state index contributed by atoms with van der Waals surface area (Å²) in [6.45, 7) is 5.36. The van der Waals surface area contributed by atoms with Crippen molar-refractivity contribution in [3.8, 4) is 5.75 Å². The van der Waals surface area contributed by atoms with Gasteiger partial charge in [0.2, 0.25) is 0 Å². The monoisotopic (exact) mass is 339 g/mol. The largest absolute Gasteiger partial charge is 0.494 e. The van der Waals surface area contributed by atoms with Gasteiger partial charge in [-0.3, -0.25) is 0 Å². The van der Waals surface area contributed by atoms with E-state index in [0.29, 0.717) is 6.61 Å². The molecule has 1 aliphatic rings. The number of nitrogens with two attached hydrogens (primary N) is 1. The molecule has 0 heterocycles. The maximum atomic E-state index is 6.52. The summed E-state index contributed by atoms with van der Waals surface area (Å²) in [6, 6.07) is 7.98.